The van der Waals surface area contributed by atoms with Crippen molar-refractivity contribution < 1.29 is 9.59 Å². The summed E-state index contributed by atoms with van der Waals surface area (Å²) in [7, 11) is 0. The Bertz CT molecular complexity index is 871. The zero-order chi connectivity index (χ0) is 18.5. The second kappa shape index (κ2) is 8.29. The number of anilines is 1. The second-order valence-corrected chi connectivity index (χ2v) is 8.15. The SMILES string of the molecule is CC(C)[C@H](NC(=O)c1cccc(NC(=O)c2cccs2)c1)c1cccs1. The summed E-state index contributed by atoms with van der Waals surface area (Å²) in [4.78, 5) is 26.7. The molecule has 0 aliphatic carbocycles. The summed E-state index contributed by atoms with van der Waals surface area (Å²) >= 11 is 3.02. The fraction of sp³-hybridized carbons (Fsp3) is 0.200. The van der Waals surface area contributed by atoms with Gasteiger partial charge in [-0.05, 0) is 47.0 Å². The molecular weight excluding hydrogens is 364 g/mol. The minimum Gasteiger partial charge on any atom is -0.344 e. The Morgan fingerprint density at radius 1 is 0.923 bits per heavy atom. The van der Waals surface area contributed by atoms with Crippen molar-refractivity contribution in [1.82, 2.24) is 5.32 Å². The maximum absolute atomic E-state index is 12.7. The largest absolute Gasteiger partial charge is 0.344 e. The number of benzene rings is 1. The normalized spacial score (nSPS) is 12.0. The van der Waals surface area contributed by atoms with Crippen molar-refractivity contribution in [3.63, 3.8) is 0 Å². The molecule has 0 radical (unpaired) electrons. The van der Waals surface area contributed by atoms with Crippen LogP contribution in [0.1, 0.15) is 44.8 Å². The fourth-order valence-electron chi connectivity index (χ4n) is 2.60. The number of carbonyl (C=O) groups is 2. The average molecular weight is 385 g/mol. The van der Waals surface area contributed by atoms with Gasteiger partial charge in [-0.15, -0.1) is 22.7 Å². The van der Waals surface area contributed by atoms with Crippen LogP contribution < -0.4 is 10.6 Å². The summed E-state index contributed by atoms with van der Waals surface area (Å²) in [5.41, 5.74) is 1.13. The molecule has 0 bridgehead atoms. The van der Waals surface area contributed by atoms with E-state index in [9.17, 15) is 9.59 Å². The molecule has 0 spiro atoms. The van der Waals surface area contributed by atoms with E-state index in [2.05, 4.69) is 24.5 Å². The molecule has 2 amide bonds. The lowest BCUT2D eigenvalue weighted by Gasteiger charge is -2.21. The first-order valence-electron chi connectivity index (χ1n) is 8.34. The van der Waals surface area contributed by atoms with Crippen LogP contribution in [0.3, 0.4) is 0 Å². The lowest BCUT2D eigenvalue weighted by molar-refractivity contribution is 0.0925. The van der Waals surface area contributed by atoms with Gasteiger partial charge in [-0.1, -0.05) is 32.0 Å². The van der Waals surface area contributed by atoms with Crippen molar-refractivity contribution >= 4 is 40.2 Å². The van der Waals surface area contributed by atoms with Gasteiger partial charge in [0.1, 0.15) is 0 Å². The molecule has 4 nitrogen and oxygen atoms in total. The van der Waals surface area contributed by atoms with Crippen LogP contribution in [0.25, 0.3) is 0 Å². The van der Waals surface area contributed by atoms with Crippen molar-refractivity contribution in [2.24, 2.45) is 5.92 Å². The second-order valence-electron chi connectivity index (χ2n) is 6.22. The maximum atomic E-state index is 12.7. The Morgan fingerprint density at radius 2 is 1.69 bits per heavy atom. The molecule has 0 fully saturated rings. The van der Waals surface area contributed by atoms with Crippen LogP contribution in [0.5, 0.6) is 0 Å². The van der Waals surface area contributed by atoms with Crippen LogP contribution in [-0.2, 0) is 0 Å². The van der Waals surface area contributed by atoms with Crippen LogP contribution in [-0.4, -0.2) is 11.8 Å². The molecule has 0 saturated carbocycles. The fourth-order valence-corrected chi connectivity index (χ4v) is 4.17. The Balaban J connectivity index is 1.72. The van der Waals surface area contributed by atoms with Gasteiger partial charge < -0.3 is 10.6 Å². The minimum absolute atomic E-state index is 0.0353. The summed E-state index contributed by atoms with van der Waals surface area (Å²) in [5, 5.41) is 9.81. The van der Waals surface area contributed by atoms with Gasteiger partial charge in [-0.2, -0.15) is 0 Å². The Labute approximate surface area is 160 Å². The van der Waals surface area contributed by atoms with Crippen LogP contribution >= 0.6 is 22.7 Å². The van der Waals surface area contributed by atoms with Crippen LogP contribution in [0.15, 0.2) is 59.3 Å². The average Bonchev–Trinajstić information content (AvgIpc) is 3.33. The van der Waals surface area contributed by atoms with E-state index in [4.69, 9.17) is 0 Å². The number of nitrogens with one attached hydrogen (secondary N) is 2. The molecule has 26 heavy (non-hydrogen) atoms. The summed E-state index contributed by atoms with van der Waals surface area (Å²) in [6, 6.07) is 14.6. The summed E-state index contributed by atoms with van der Waals surface area (Å²) in [6.45, 7) is 4.17. The third-order valence-corrected chi connectivity index (χ3v) is 5.75. The smallest absolute Gasteiger partial charge is 0.265 e. The highest BCUT2D eigenvalue weighted by molar-refractivity contribution is 7.12. The van der Waals surface area contributed by atoms with Gasteiger partial charge in [-0.3, -0.25) is 9.59 Å². The van der Waals surface area contributed by atoms with Gasteiger partial charge >= 0.3 is 0 Å². The first-order chi connectivity index (χ1) is 12.5. The molecule has 1 atom stereocenters. The van der Waals surface area contributed by atoms with Crippen molar-refractivity contribution in [3.8, 4) is 0 Å². The molecule has 0 aliphatic rings. The van der Waals surface area contributed by atoms with Gasteiger partial charge in [0.2, 0.25) is 0 Å². The van der Waals surface area contributed by atoms with Gasteiger partial charge in [0.15, 0.2) is 0 Å². The van der Waals surface area contributed by atoms with E-state index >= 15 is 0 Å². The molecule has 2 aromatic heterocycles. The van der Waals surface area contributed by atoms with Crippen molar-refractivity contribution in [3.05, 3.63) is 74.6 Å². The van der Waals surface area contributed by atoms with Crippen molar-refractivity contribution in [1.29, 1.82) is 0 Å². The first kappa shape index (κ1) is 18.4. The molecule has 6 heteroatoms. The molecular formula is C20H20N2O2S2. The summed E-state index contributed by atoms with van der Waals surface area (Å²) in [6.07, 6.45) is 0. The zero-order valence-corrected chi connectivity index (χ0v) is 16.2. The maximum Gasteiger partial charge on any atom is 0.265 e. The van der Waals surface area contributed by atoms with E-state index in [-0.39, 0.29) is 23.8 Å². The van der Waals surface area contributed by atoms with E-state index in [0.717, 1.165) is 4.88 Å². The number of rotatable bonds is 6. The standard InChI is InChI=1S/C20H20N2O2S2/c1-13(2)18(16-8-4-10-25-16)22-19(23)14-6-3-7-15(12-14)21-20(24)17-9-5-11-26-17/h3-13,18H,1-2H3,(H,21,24)(H,22,23)/t18-/m0/s1. The topological polar surface area (TPSA) is 58.2 Å². The van der Waals surface area contributed by atoms with E-state index in [0.29, 0.717) is 16.1 Å². The molecule has 2 heterocycles. The van der Waals surface area contributed by atoms with Crippen molar-refractivity contribution in [2.75, 3.05) is 5.32 Å². The minimum atomic E-state index is -0.170. The van der Waals surface area contributed by atoms with E-state index in [1.54, 1.807) is 41.7 Å². The Hall–Kier alpha value is -2.44. The molecule has 0 aliphatic heterocycles. The number of thiophene rings is 2. The molecule has 3 rings (SSSR count). The van der Waals surface area contributed by atoms with E-state index < -0.39 is 0 Å². The zero-order valence-electron chi connectivity index (χ0n) is 14.6. The van der Waals surface area contributed by atoms with Gasteiger partial charge in [0.05, 0.1) is 10.9 Å². The number of amides is 2. The van der Waals surface area contributed by atoms with E-state index in [1.807, 2.05) is 29.0 Å². The number of hydrogen-bond acceptors (Lipinski definition) is 4. The van der Waals surface area contributed by atoms with Gasteiger partial charge in [0.25, 0.3) is 11.8 Å². The summed E-state index contributed by atoms with van der Waals surface area (Å²) in [5.74, 6) is -0.0418. The third-order valence-electron chi connectivity index (χ3n) is 3.93. The molecule has 134 valence electrons. The lowest BCUT2D eigenvalue weighted by atomic mass is 10.0. The predicted octanol–water partition coefficient (Wildman–Crippen LogP) is 5.19. The van der Waals surface area contributed by atoms with Gasteiger partial charge in [-0.25, -0.2) is 0 Å². The van der Waals surface area contributed by atoms with Crippen LogP contribution in [0.2, 0.25) is 0 Å². The molecule has 1 aromatic carbocycles. The Kier molecular flexibility index (Phi) is 5.85. The Morgan fingerprint density at radius 3 is 2.35 bits per heavy atom. The lowest BCUT2D eigenvalue weighted by Crippen LogP contribution is -2.31. The van der Waals surface area contributed by atoms with Crippen molar-refractivity contribution in [2.45, 2.75) is 19.9 Å². The highest BCUT2D eigenvalue weighted by Gasteiger charge is 2.20. The highest BCUT2D eigenvalue weighted by atomic mass is 32.1. The molecule has 0 saturated heterocycles. The van der Waals surface area contributed by atoms with E-state index in [1.165, 1.54) is 11.3 Å². The van der Waals surface area contributed by atoms with Gasteiger partial charge in [0, 0.05) is 16.1 Å². The molecule has 2 N–H and O–H groups in total. The molecule has 0 unspecified atom stereocenters. The monoisotopic (exact) mass is 384 g/mol. The number of carbonyl (C=O) groups excluding carboxylic acids is 2. The van der Waals surface area contributed by atoms with Crippen LogP contribution in [0.4, 0.5) is 5.69 Å². The quantitative estimate of drug-likeness (QED) is 0.614. The predicted molar refractivity (Wildman–Crippen MR) is 108 cm³/mol. The number of hydrogen-bond donors (Lipinski definition) is 2. The summed E-state index contributed by atoms with van der Waals surface area (Å²) < 4.78 is 0. The third kappa shape index (κ3) is 4.39. The highest BCUT2D eigenvalue weighted by Crippen LogP contribution is 2.26. The molecule has 3 aromatic rings. The first-order valence-corrected chi connectivity index (χ1v) is 10.1. The van der Waals surface area contributed by atoms with Crippen LogP contribution in [0, 0.1) is 5.92 Å².